The molecule has 2 bridgehead atoms. The summed E-state index contributed by atoms with van der Waals surface area (Å²) in [6.07, 6.45) is 5.20. The van der Waals surface area contributed by atoms with Crippen LogP contribution in [0.1, 0.15) is 25.7 Å². The van der Waals surface area contributed by atoms with Gasteiger partial charge in [0.15, 0.2) is 5.11 Å². The zero-order chi connectivity index (χ0) is 13.4. The molecule has 2 nitrogen and oxygen atoms in total. The molecule has 3 unspecified atom stereocenters. The van der Waals surface area contributed by atoms with E-state index >= 15 is 0 Å². The third-order valence-corrected chi connectivity index (χ3v) is 4.95. The average Bonchev–Trinajstić information content (AvgIpc) is 2.95. The number of hydrogen-bond donors (Lipinski definition) is 2. The highest BCUT2D eigenvalue weighted by Gasteiger charge is 2.39. The quantitative estimate of drug-likeness (QED) is 0.792. The van der Waals surface area contributed by atoms with Gasteiger partial charge in [-0.05, 0) is 61.5 Å². The molecule has 102 valence electrons. The van der Waals surface area contributed by atoms with Gasteiger partial charge in [-0.15, -0.1) is 0 Å². The molecule has 0 radical (unpaired) electrons. The van der Waals surface area contributed by atoms with Gasteiger partial charge in [-0.3, -0.25) is 0 Å². The molecule has 2 saturated carbocycles. The van der Waals surface area contributed by atoms with E-state index in [1.54, 1.807) is 12.1 Å². The Balaban J connectivity index is 1.59. The molecule has 0 heterocycles. The summed E-state index contributed by atoms with van der Waals surface area (Å²) in [5, 5.41) is 6.82. The van der Waals surface area contributed by atoms with E-state index in [0.717, 1.165) is 16.3 Å². The summed E-state index contributed by atoms with van der Waals surface area (Å²) in [6, 6.07) is 5.39. The summed E-state index contributed by atoms with van der Waals surface area (Å²) in [5.74, 6) is 1.32. The third-order valence-electron chi connectivity index (χ3n) is 4.23. The lowest BCUT2D eigenvalue weighted by Crippen LogP contribution is -2.40. The molecule has 2 fully saturated rings. The van der Waals surface area contributed by atoms with Crippen LogP contribution >= 0.6 is 28.1 Å². The smallest absolute Gasteiger partial charge is 0.171 e. The van der Waals surface area contributed by atoms with Gasteiger partial charge in [-0.1, -0.05) is 22.4 Å². The second-order valence-electron chi connectivity index (χ2n) is 5.50. The molecule has 0 aromatic heterocycles. The van der Waals surface area contributed by atoms with Crippen molar-refractivity contribution in [2.75, 3.05) is 5.32 Å². The van der Waals surface area contributed by atoms with Crippen LogP contribution in [0.5, 0.6) is 0 Å². The van der Waals surface area contributed by atoms with E-state index in [2.05, 4.69) is 26.6 Å². The van der Waals surface area contributed by atoms with Crippen molar-refractivity contribution in [3.05, 3.63) is 28.5 Å². The van der Waals surface area contributed by atoms with Gasteiger partial charge >= 0.3 is 0 Å². The van der Waals surface area contributed by atoms with Crippen molar-refractivity contribution in [2.45, 2.75) is 31.7 Å². The first-order valence-corrected chi connectivity index (χ1v) is 7.84. The summed E-state index contributed by atoms with van der Waals surface area (Å²) in [7, 11) is 0. The van der Waals surface area contributed by atoms with E-state index < -0.39 is 0 Å². The Bertz CT molecular complexity index is 508. The van der Waals surface area contributed by atoms with Gasteiger partial charge in [-0.2, -0.15) is 0 Å². The van der Waals surface area contributed by atoms with Crippen molar-refractivity contribution in [3.8, 4) is 0 Å². The maximum atomic E-state index is 13.7. The van der Waals surface area contributed by atoms with E-state index in [1.165, 1.54) is 31.7 Å². The Hall–Kier alpha value is -0.680. The molecule has 2 aliphatic rings. The van der Waals surface area contributed by atoms with Gasteiger partial charge in [0, 0.05) is 10.5 Å². The monoisotopic (exact) mass is 342 g/mol. The predicted octanol–water partition coefficient (Wildman–Crippen LogP) is 4.06. The van der Waals surface area contributed by atoms with E-state index in [4.69, 9.17) is 12.2 Å². The van der Waals surface area contributed by atoms with Gasteiger partial charge in [0.2, 0.25) is 0 Å². The maximum absolute atomic E-state index is 13.7. The Morgan fingerprint density at radius 2 is 2.16 bits per heavy atom. The number of rotatable bonds is 2. The van der Waals surface area contributed by atoms with Crippen LogP contribution in [-0.4, -0.2) is 11.2 Å². The van der Waals surface area contributed by atoms with Crippen LogP contribution in [0.3, 0.4) is 0 Å². The number of fused-ring (bicyclic) bond motifs is 2. The van der Waals surface area contributed by atoms with Gasteiger partial charge in [-0.25, -0.2) is 4.39 Å². The van der Waals surface area contributed by atoms with Crippen LogP contribution in [0.25, 0.3) is 0 Å². The summed E-state index contributed by atoms with van der Waals surface area (Å²) in [6.45, 7) is 0. The summed E-state index contributed by atoms with van der Waals surface area (Å²) >= 11 is 8.52. The van der Waals surface area contributed by atoms with Crippen LogP contribution in [0.4, 0.5) is 10.1 Å². The number of halogens is 2. The molecule has 3 rings (SSSR count). The molecule has 0 amide bonds. The minimum atomic E-state index is -0.300. The van der Waals surface area contributed by atoms with Gasteiger partial charge in [0.25, 0.3) is 0 Å². The van der Waals surface area contributed by atoms with Crippen LogP contribution in [0, 0.1) is 17.7 Å². The van der Waals surface area contributed by atoms with Crippen molar-refractivity contribution in [2.24, 2.45) is 11.8 Å². The van der Waals surface area contributed by atoms with Gasteiger partial charge in [0.05, 0.1) is 5.69 Å². The minimum Gasteiger partial charge on any atom is -0.359 e. The number of nitrogens with one attached hydrogen (secondary N) is 2. The second kappa shape index (κ2) is 5.37. The highest BCUT2D eigenvalue weighted by Crippen LogP contribution is 2.44. The Morgan fingerprint density at radius 3 is 2.79 bits per heavy atom. The topological polar surface area (TPSA) is 24.1 Å². The van der Waals surface area contributed by atoms with Crippen LogP contribution in [0.15, 0.2) is 22.7 Å². The highest BCUT2D eigenvalue weighted by atomic mass is 79.9. The van der Waals surface area contributed by atoms with Crippen LogP contribution < -0.4 is 10.6 Å². The molecule has 2 aliphatic carbocycles. The molecule has 5 heteroatoms. The largest absolute Gasteiger partial charge is 0.359 e. The first-order chi connectivity index (χ1) is 9.11. The van der Waals surface area contributed by atoms with Gasteiger partial charge < -0.3 is 10.6 Å². The fourth-order valence-electron chi connectivity index (χ4n) is 3.34. The summed E-state index contributed by atoms with van der Waals surface area (Å²) < 4.78 is 14.4. The number of anilines is 1. The normalized spacial score (nSPS) is 28.4. The lowest BCUT2D eigenvalue weighted by molar-refractivity contribution is 0.391. The zero-order valence-corrected chi connectivity index (χ0v) is 12.9. The lowest BCUT2D eigenvalue weighted by atomic mass is 9.96. The lowest BCUT2D eigenvalue weighted by Gasteiger charge is -2.24. The molecule has 19 heavy (non-hydrogen) atoms. The molecular formula is C14H16BrFN2S. The first kappa shape index (κ1) is 13.3. The van der Waals surface area contributed by atoms with E-state index in [-0.39, 0.29) is 5.82 Å². The molecule has 1 aromatic carbocycles. The molecule has 0 aliphatic heterocycles. The summed E-state index contributed by atoms with van der Waals surface area (Å²) in [4.78, 5) is 0. The number of thiocarbonyl (C=S) groups is 1. The zero-order valence-electron chi connectivity index (χ0n) is 10.5. The van der Waals surface area contributed by atoms with Crippen molar-refractivity contribution in [1.82, 2.24) is 5.32 Å². The Kier molecular flexibility index (Phi) is 3.76. The SMILES string of the molecule is Fc1cc(Br)ccc1NC(=S)NC1CC2CCC1C2. The van der Waals surface area contributed by atoms with E-state index in [1.807, 2.05) is 0 Å². The van der Waals surface area contributed by atoms with Crippen molar-refractivity contribution in [1.29, 1.82) is 0 Å². The summed E-state index contributed by atoms with van der Waals surface area (Å²) in [5.41, 5.74) is 0.420. The minimum absolute atomic E-state index is 0.300. The molecule has 3 atom stereocenters. The molecule has 0 spiro atoms. The number of hydrogen-bond acceptors (Lipinski definition) is 1. The Labute approximate surface area is 126 Å². The third kappa shape index (κ3) is 2.92. The van der Waals surface area contributed by atoms with E-state index in [0.29, 0.717) is 16.8 Å². The molecule has 1 aromatic rings. The fraction of sp³-hybridized carbons (Fsp3) is 0.500. The average molecular weight is 343 g/mol. The molecule has 2 N–H and O–H groups in total. The Morgan fingerprint density at radius 1 is 1.32 bits per heavy atom. The highest BCUT2D eigenvalue weighted by molar-refractivity contribution is 9.10. The van der Waals surface area contributed by atoms with Crippen molar-refractivity contribution in [3.63, 3.8) is 0 Å². The van der Waals surface area contributed by atoms with E-state index in [9.17, 15) is 4.39 Å². The fourth-order valence-corrected chi connectivity index (χ4v) is 3.93. The van der Waals surface area contributed by atoms with Crippen LogP contribution in [0.2, 0.25) is 0 Å². The van der Waals surface area contributed by atoms with Crippen molar-refractivity contribution < 1.29 is 4.39 Å². The molecular weight excluding hydrogens is 327 g/mol. The second-order valence-corrected chi connectivity index (χ2v) is 6.83. The standard InChI is InChI=1S/C14H16BrFN2S/c15-10-3-4-12(11(16)7-10)17-14(19)18-13-6-8-1-2-9(13)5-8/h3-4,7-9,13H,1-2,5-6H2,(H2,17,18,19). The molecule has 0 saturated heterocycles. The predicted molar refractivity (Wildman–Crippen MR) is 82.7 cm³/mol. The maximum Gasteiger partial charge on any atom is 0.171 e. The van der Waals surface area contributed by atoms with Gasteiger partial charge in [0.1, 0.15) is 5.82 Å². The first-order valence-electron chi connectivity index (χ1n) is 6.64. The van der Waals surface area contributed by atoms with Crippen molar-refractivity contribution >= 4 is 38.9 Å². The van der Waals surface area contributed by atoms with Crippen LogP contribution in [-0.2, 0) is 0 Å². The number of benzene rings is 1.